The lowest BCUT2D eigenvalue weighted by atomic mass is 9.90. The topological polar surface area (TPSA) is 66.8 Å². The predicted molar refractivity (Wildman–Crippen MR) is 107 cm³/mol. The van der Waals surface area contributed by atoms with Gasteiger partial charge in [0.1, 0.15) is 0 Å². The molecule has 2 aromatic rings. The lowest BCUT2D eigenvalue weighted by Crippen LogP contribution is -2.44. The number of amides is 1. The van der Waals surface area contributed by atoms with Crippen molar-refractivity contribution in [1.82, 2.24) is 4.90 Å². The normalized spacial score (nSPS) is 15.9. The van der Waals surface area contributed by atoms with Crippen molar-refractivity contribution >= 4 is 11.9 Å². The number of benzene rings is 2. The van der Waals surface area contributed by atoms with E-state index in [1.54, 1.807) is 36.1 Å². The molecule has 1 aliphatic rings. The highest BCUT2D eigenvalue weighted by Crippen LogP contribution is 2.22. The minimum absolute atomic E-state index is 0.0789. The molecule has 0 unspecified atom stereocenters. The van der Waals surface area contributed by atoms with Crippen molar-refractivity contribution in [1.29, 1.82) is 0 Å². The van der Waals surface area contributed by atoms with Crippen molar-refractivity contribution in [3.8, 4) is 0 Å². The standard InChI is InChI=1S/C23H27NO4/c1-17(28-23(27)21-9-7-20(16-25)8-10-21)22(26)24-13-11-19(12-14-24)15-18-5-3-2-4-6-18/h2-10,17,19,25H,11-16H2,1H3/t17-/m0/s1. The number of rotatable bonds is 6. The first-order valence-corrected chi connectivity index (χ1v) is 9.80. The first-order valence-electron chi connectivity index (χ1n) is 9.80. The van der Waals surface area contributed by atoms with Crippen LogP contribution in [0.5, 0.6) is 0 Å². The van der Waals surface area contributed by atoms with E-state index in [2.05, 4.69) is 24.3 Å². The van der Waals surface area contributed by atoms with E-state index in [1.165, 1.54) is 5.56 Å². The van der Waals surface area contributed by atoms with Gasteiger partial charge in [0.25, 0.3) is 5.91 Å². The fourth-order valence-corrected chi connectivity index (χ4v) is 3.59. The fraction of sp³-hybridized carbons (Fsp3) is 0.391. The van der Waals surface area contributed by atoms with Crippen molar-refractivity contribution in [3.63, 3.8) is 0 Å². The SMILES string of the molecule is C[C@H](OC(=O)c1ccc(CO)cc1)C(=O)N1CCC(Cc2ccccc2)CC1. The second-order valence-corrected chi connectivity index (χ2v) is 7.36. The number of esters is 1. The maximum absolute atomic E-state index is 12.6. The summed E-state index contributed by atoms with van der Waals surface area (Å²) in [5.41, 5.74) is 2.43. The van der Waals surface area contributed by atoms with Crippen molar-refractivity contribution in [2.24, 2.45) is 5.92 Å². The third-order valence-corrected chi connectivity index (χ3v) is 5.30. The van der Waals surface area contributed by atoms with Crippen LogP contribution in [0.2, 0.25) is 0 Å². The maximum atomic E-state index is 12.6. The van der Waals surface area contributed by atoms with Crippen molar-refractivity contribution in [3.05, 3.63) is 71.3 Å². The molecule has 28 heavy (non-hydrogen) atoms. The van der Waals surface area contributed by atoms with Gasteiger partial charge in [-0.15, -0.1) is 0 Å². The summed E-state index contributed by atoms with van der Waals surface area (Å²) >= 11 is 0. The molecule has 0 aliphatic carbocycles. The molecule has 148 valence electrons. The summed E-state index contributed by atoms with van der Waals surface area (Å²) in [7, 11) is 0. The van der Waals surface area contributed by atoms with E-state index >= 15 is 0 Å². The van der Waals surface area contributed by atoms with Crippen LogP contribution >= 0.6 is 0 Å². The molecule has 1 N–H and O–H groups in total. The molecule has 1 heterocycles. The van der Waals surface area contributed by atoms with E-state index in [0.717, 1.165) is 24.8 Å². The van der Waals surface area contributed by atoms with Gasteiger partial charge < -0.3 is 14.7 Å². The largest absolute Gasteiger partial charge is 0.449 e. The number of aliphatic hydroxyl groups is 1. The minimum atomic E-state index is -0.810. The fourth-order valence-electron chi connectivity index (χ4n) is 3.59. The summed E-state index contributed by atoms with van der Waals surface area (Å²) in [5, 5.41) is 9.06. The number of hydrogen-bond donors (Lipinski definition) is 1. The van der Waals surface area contributed by atoms with Crippen LogP contribution in [0.1, 0.15) is 41.3 Å². The monoisotopic (exact) mass is 381 g/mol. The second-order valence-electron chi connectivity index (χ2n) is 7.36. The summed E-state index contributed by atoms with van der Waals surface area (Å²) in [6.07, 6.45) is 2.15. The number of aliphatic hydroxyl groups excluding tert-OH is 1. The average molecular weight is 381 g/mol. The van der Waals surface area contributed by atoms with Crippen LogP contribution in [-0.2, 0) is 22.6 Å². The molecule has 3 rings (SSSR count). The van der Waals surface area contributed by atoms with Crippen LogP contribution in [0.3, 0.4) is 0 Å². The Labute approximate surface area is 165 Å². The van der Waals surface area contributed by atoms with Gasteiger partial charge in [-0.2, -0.15) is 0 Å². The van der Waals surface area contributed by atoms with Gasteiger partial charge in [-0.3, -0.25) is 4.79 Å². The molecule has 1 fully saturated rings. The molecule has 1 atom stereocenters. The molecule has 0 bridgehead atoms. The molecular weight excluding hydrogens is 354 g/mol. The van der Waals surface area contributed by atoms with E-state index in [1.807, 2.05) is 6.07 Å². The van der Waals surface area contributed by atoms with E-state index in [9.17, 15) is 9.59 Å². The predicted octanol–water partition coefficient (Wildman–Crippen LogP) is 3.21. The number of piperidine rings is 1. The van der Waals surface area contributed by atoms with Crippen LogP contribution in [0.15, 0.2) is 54.6 Å². The average Bonchev–Trinajstić information content (AvgIpc) is 2.74. The number of likely N-dealkylation sites (tertiary alicyclic amines) is 1. The smallest absolute Gasteiger partial charge is 0.338 e. The number of carbonyl (C=O) groups is 2. The Morgan fingerprint density at radius 3 is 2.29 bits per heavy atom. The van der Waals surface area contributed by atoms with Crippen molar-refractivity contribution < 1.29 is 19.4 Å². The number of ether oxygens (including phenoxy) is 1. The van der Waals surface area contributed by atoms with Gasteiger partial charge in [-0.25, -0.2) is 4.79 Å². The van der Waals surface area contributed by atoms with E-state index in [-0.39, 0.29) is 12.5 Å². The molecule has 2 aromatic carbocycles. The zero-order chi connectivity index (χ0) is 19.9. The number of hydrogen-bond acceptors (Lipinski definition) is 4. The summed E-state index contributed by atoms with van der Waals surface area (Å²) in [6, 6.07) is 17.0. The van der Waals surface area contributed by atoms with Gasteiger partial charge in [-0.05, 0) is 55.4 Å². The van der Waals surface area contributed by atoms with Gasteiger partial charge in [0, 0.05) is 13.1 Å². The van der Waals surface area contributed by atoms with Crippen LogP contribution in [0.25, 0.3) is 0 Å². The molecule has 5 heteroatoms. The third kappa shape index (κ3) is 5.20. The van der Waals surface area contributed by atoms with Gasteiger partial charge >= 0.3 is 5.97 Å². The van der Waals surface area contributed by atoms with Crippen molar-refractivity contribution in [2.45, 2.75) is 38.9 Å². The molecule has 1 aliphatic heterocycles. The third-order valence-electron chi connectivity index (χ3n) is 5.30. The molecule has 0 radical (unpaired) electrons. The summed E-state index contributed by atoms with van der Waals surface area (Å²) in [5.74, 6) is -0.0860. The second kappa shape index (κ2) is 9.51. The quantitative estimate of drug-likeness (QED) is 0.781. The molecule has 5 nitrogen and oxygen atoms in total. The van der Waals surface area contributed by atoms with E-state index in [4.69, 9.17) is 9.84 Å². The Kier molecular flexibility index (Phi) is 6.82. The zero-order valence-corrected chi connectivity index (χ0v) is 16.2. The molecule has 0 spiro atoms. The Hall–Kier alpha value is -2.66. The minimum Gasteiger partial charge on any atom is -0.449 e. The lowest BCUT2D eigenvalue weighted by Gasteiger charge is -2.33. The van der Waals surface area contributed by atoms with Gasteiger partial charge in [0.2, 0.25) is 0 Å². The van der Waals surface area contributed by atoms with Crippen LogP contribution in [0.4, 0.5) is 0 Å². The molecular formula is C23H27NO4. The molecule has 1 amide bonds. The Bertz CT molecular complexity index is 780. The highest BCUT2D eigenvalue weighted by molar-refractivity contribution is 5.92. The van der Waals surface area contributed by atoms with E-state index in [0.29, 0.717) is 24.6 Å². The maximum Gasteiger partial charge on any atom is 0.338 e. The zero-order valence-electron chi connectivity index (χ0n) is 16.2. The highest BCUT2D eigenvalue weighted by atomic mass is 16.5. The van der Waals surface area contributed by atoms with Crippen LogP contribution in [-0.4, -0.2) is 41.1 Å². The van der Waals surface area contributed by atoms with E-state index < -0.39 is 12.1 Å². The number of carbonyl (C=O) groups excluding carboxylic acids is 2. The van der Waals surface area contributed by atoms with Crippen molar-refractivity contribution in [2.75, 3.05) is 13.1 Å². The molecule has 0 saturated carbocycles. The first kappa shape index (κ1) is 20.1. The Morgan fingerprint density at radius 1 is 1.04 bits per heavy atom. The summed E-state index contributed by atoms with van der Waals surface area (Å²) in [4.78, 5) is 26.7. The summed E-state index contributed by atoms with van der Waals surface area (Å²) in [6.45, 7) is 2.94. The number of nitrogens with zero attached hydrogens (tertiary/aromatic N) is 1. The van der Waals surface area contributed by atoms with Gasteiger partial charge in [0.05, 0.1) is 12.2 Å². The Balaban J connectivity index is 1.47. The first-order chi connectivity index (χ1) is 13.6. The van der Waals surface area contributed by atoms with Crippen LogP contribution in [0, 0.1) is 5.92 Å². The molecule has 1 saturated heterocycles. The van der Waals surface area contributed by atoms with Gasteiger partial charge in [0.15, 0.2) is 6.10 Å². The molecule has 0 aromatic heterocycles. The van der Waals surface area contributed by atoms with Crippen LogP contribution < -0.4 is 0 Å². The van der Waals surface area contributed by atoms with Gasteiger partial charge in [-0.1, -0.05) is 42.5 Å². The Morgan fingerprint density at radius 2 is 1.68 bits per heavy atom. The highest BCUT2D eigenvalue weighted by Gasteiger charge is 2.28. The summed E-state index contributed by atoms with van der Waals surface area (Å²) < 4.78 is 5.35. The lowest BCUT2D eigenvalue weighted by molar-refractivity contribution is -0.141.